The van der Waals surface area contributed by atoms with Gasteiger partial charge in [0.2, 0.25) is 0 Å². The summed E-state index contributed by atoms with van der Waals surface area (Å²) in [5.74, 6) is 1.38. The minimum Gasteiger partial charge on any atom is -0.493 e. The number of aliphatic hydroxyl groups excluding tert-OH is 2. The molecule has 4 N–H and O–H groups in total. The molecule has 46 heavy (non-hydrogen) atoms. The maximum atomic E-state index is 13.3. The van der Waals surface area contributed by atoms with Crippen LogP contribution in [-0.4, -0.2) is 84.9 Å². The third-order valence-electron chi connectivity index (χ3n) is 7.89. The lowest BCUT2D eigenvalue weighted by Crippen LogP contribution is -2.56. The molecule has 0 radical (unpaired) electrons. The molecule has 9 nitrogen and oxygen atoms in total. The van der Waals surface area contributed by atoms with Crippen LogP contribution in [-0.2, 0) is 11.2 Å². The SMILES string of the molecule is C=C(CCC)N1N=C(c2cc(CCC)ccc2OCC)NC(=O)/C1=C(\C)C(C)CC.CCCC.CN1CC(NCCCO)C1.CO. The number of allylic oxidation sites excluding steroid dienone is 2. The van der Waals surface area contributed by atoms with Crippen molar-refractivity contribution in [1.29, 1.82) is 0 Å². The molecule has 0 bridgehead atoms. The van der Waals surface area contributed by atoms with Gasteiger partial charge in [-0.1, -0.05) is 79.9 Å². The maximum absolute atomic E-state index is 13.3. The summed E-state index contributed by atoms with van der Waals surface area (Å²) in [6.45, 7) is 25.2. The van der Waals surface area contributed by atoms with Crippen LogP contribution >= 0.6 is 0 Å². The van der Waals surface area contributed by atoms with Gasteiger partial charge in [-0.05, 0) is 82.3 Å². The molecule has 0 aromatic heterocycles. The number of hydrogen-bond donors (Lipinski definition) is 4. The number of carbonyl (C=O) groups excluding carboxylic acids is 1. The number of likely N-dealkylation sites (tertiary alicyclic amines) is 1. The number of benzene rings is 1. The average molecular weight is 646 g/mol. The molecule has 0 spiro atoms. The fourth-order valence-electron chi connectivity index (χ4n) is 4.77. The third-order valence-corrected chi connectivity index (χ3v) is 7.89. The van der Waals surface area contributed by atoms with Crippen molar-refractivity contribution >= 4 is 11.7 Å². The molecule has 1 saturated heterocycles. The summed E-state index contributed by atoms with van der Waals surface area (Å²) in [6.07, 6.45) is 8.20. The van der Waals surface area contributed by atoms with Gasteiger partial charge in [0.1, 0.15) is 11.4 Å². The topological polar surface area (TPSA) is 110 Å². The van der Waals surface area contributed by atoms with Gasteiger partial charge in [0.15, 0.2) is 5.84 Å². The van der Waals surface area contributed by atoms with Gasteiger partial charge in [0, 0.05) is 38.5 Å². The van der Waals surface area contributed by atoms with Gasteiger partial charge in [-0.25, -0.2) is 5.01 Å². The number of hydrazone groups is 1. The van der Waals surface area contributed by atoms with E-state index in [4.69, 9.17) is 20.1 Å². The zero-order valence-corrected chi connectivity index (χ0v) is 30.8. The number of nitrogens with one attached hydrogen (secondary N) is 2. The molecule has 1 aromatic carbocycles. The number of aliphatic hydroxyl groups is 2. The quantitative estimate of drug-likeness (QED) is 0.128. The molecule has 9 heteroatoms. The predicted octanol–water partition coefficient (Wildman–Crippen LogP) is 6.45. The molecular weight excluding hydrogens is 578 g/mol. The highest BCUT2D eigenvalue weighted by atomic mass is 16.5. The van der Waals surface area contributed by atoms with Gasteiger partial charge in [-0.2, -0.15) is 0 Å². The molecule has 1 atom stereocenters. The van der Waals surface area contributed by atoms with E-state index in [0.29, 0.717) is 30.8 Å². The molecular formula is C37H67N5O4. The predicted molar refractivity (Wildman–Crippen MR) is 194 cm³/mol. The number of likely N-dealkylation sites (N-methyl/N-ethyl adjacent to an activating group) is 1. The number of unbranched alkanes of at least 4 members (excludes halogenated alkanes) is 1. The number of aryl methyl sites for hydroxylation is 1. The lowest BCUT2D eigenvalue weighted by atomic mass is 9.96. The molecule has 2 aliphatic heterocycles. The van der Waals surface area contributed by atoms with Gasteiger partial charge in [-0.15, -0.1) is 5.10 Å². The van der Waals surface area contributed by atoms with Crippen molar-refractivity contribution in [3.8, 4) is 5.75 Å². The minimum atomic E-state index is -0.140. The number of nitrogens with zero attached hydrogens (tertiary/aromatic N) is 3. The number of rotatable bonds is 15. The molecule has 264 valence electrons. The van der Waals surface area contributed by atoms with Crippen molar-refractivity contribution in [2.24, 2.45) is 11.0 Å². The van der Waals surface area contributed by atoms with Gasteiger partial charge in [-0.3, -0.25) is 4.79 Å². The van der Waals surface area contributed by atoms with E-state index < -0.39 is 0 Å². The van der Waals surface area contributed by atoms with E-state index in [1.165, 1.54) is 18.4 Å². The first-order valence-corrected chi connectivity index (χ1v) is 17.4. The first-order chi connectivity index (χ1) is 22.1. The molecule has 1 aromatic rings. The van der Waals surface area contributed by atoms with Gasteiger partial charge < -0.3 is 30.5 Å². The Labute approximate surface area is 281 Å². The smallest absolute Gasteiger partial charge is 0.275 e. The Balaban J connectivity index is 0.00000104. The zero-order valence-electron chi connectivity index (χ0n) is 30.8. The van der Waals surface area contributed by atoms with E-state index in [1.807, 2.05) is 19.9 Å². The molecule has 2 aliphatic rings. The van der Waals surface area contributed by atoms with Crippen molar-refractivity contribution < 1.29 is 19.7 Å². The Morgan fingerprint density at radius 2 is 1.76 bits per heavy atom. The summed E-state index contributed by atoms with van der Waals surface area (Å²) in [6, 6.07) is 6.80. The molecule has 3 rings (SSSR count). The number of amides is 1. The number of ether oxygens (including phenoxy) is 1. The van der Waals surface area contributed by atoms with Crippen molar-refractivity contribution in [2.45, 2.75) is 113 Å². The fraction of sp³-hybridized carbons (Fsp3) is 0.676. The summed E-state index contributed by atoms with van der Waals surface area (Å²) in [4.78, 5) is 15.5. The van der Waals surface area contributed by atoms with Crippen LogP contribution in [0, 0.1) is 5.92 Å². The average Bonchev–Trinajstić information content (AvgIpc) is 3.05. The molecule has 1 unspecified atom stereocenters. The highest BCUT2D eigenvalue weighted by molar-refractivity contribution is 6.15. The second-order valence-electron chi connectivity index (χ2n) is 11.8. The zero-order chi connectivity index (χ0) is 35.1. The van der Waals surface area contributed by atoms with E-state index in [9.17, 15) is 4.79 Å². The van der Waals surface area contributed by atoms with Crippen molar-refractivity contribution in [3.05, 3.63) is 52.9 Å². The van der Waals surface area contributed by atoms with Crippen LogP contribution in [0.1, 0.15) is 111 Å². The van der Waals surface area contributed by atoms with Crippen molar-refractivity contribution in [1.82, 2.24) is 20.5 Å². The van der Waals surface area contributed by atoms with Crippen LogP contribution in [0.15, 0.2) is 46.8 Å². The maximum Gasteiger partial charge on any atom is 0.275 e. The fourth-order valence-corrected chi connectivity index (χ4v) is 4.77. The van der Waals surface area contributed by atoms with Crippen LogP contribution < -0.4 is 15.4 Å². The summed E-state index contributed by atoms with van der Waals surface area (Å²) < 4.78 is 5.85. The van der Waals surface area contributed by atoms with Crippen LogP contribution in [0.3, 0.4) is 0 Å². The lowest BCUT2D eigenvalue weighted by molar-refractivity contribution is -0.118. The van der Waals surface area contributed by atoms with Crippen molar-refractivity contribution in [2.75, 3.05) is 47.0 Å². The highest BCUT2D eigenvalue weighted by Crippen LogP contribution is 2.30. The van der Waals surface area contributed by atoms with Crippen LogP contribution in [0.5, 0.6) is 5.75 Å². The molecule has 1 fully saturated rings. The molecule has 1 amide bonds. The summed E-state index contributed by atoms with van der Waals surface area (Å²) in [5.41, 5.74) is 4.45. The third kappa shape index (κ3) is 14.8. The minimum absolute atomic E-state index is 0.140. The summed E-state index contributed by atoms with van der Waals surface area (Å²) in [5, 5.41) is 28.5. The number of carbonyl (C=O) groups is 1. The van der Waals surface area contributed by atoms with Crippen LogP contribution in [0.25, 0.3) is 0 Å². The lowest BCUT2D eigenvalue weighted by Gasteiger charge is -2.36. The van der Waals surface area contributed by atoms with Gasteiger partial charge >= 0.3 is 0 Å². The van der Waals surface area contributed by atoms with E-state index in [-0.39, 0.29) is 11.8 Å². The second kappa shape index (κ2) is 25.4. The summed E-state index contributed by atoms with van der Waals surface area (Å²) >= 11 is 0. The second-order valence-corrected chi connectivity index (χ2v) is 11.8. The first kappa shape index (κ1) is 43.3. The van der Waals surface area contributed by atoms with E-state index in [1.54, 1.807) is 5.01 Å². The number of hydrogen-bond acceptors (Lipinski definition) is 8. The normalized spacial score (nSPS) is 16.2. The van der Waals surface area contributed by atoms with Crippen molar-refractivity contribution in [3.63, 3.8) is 0 Å². The Hall–Kier alpha value is -2.72. The molecule has 0 aliphatic carbocycles. The standard InChI is InChI=1S/C25H37N3O2.C7H16N2O.C4H10.CH4O/c1-8-12-18(6)28-23(19(7)17(5)10-3)25(29)26-24(27-28)21-16-20(13-9-2)14-15-22(21)30-11-4;1-9-5-7(6-9)8-3-2-4-10;1-3-4-2;1-2/h14-17H,6,8-13H2,1-5,7H3,(H,26,27,29);7-8,10H,2-6H2,1H3;3-4H2,1-2H3;2H,1H3/b23-19-;;;. The van der Waals surface area contributed by atoms with Crippen LogP contribution in [0.4, 0.5) is 0 Å². The monoisotopic (exact) mass is 646 g/mol. The highest BCUT2D eigenvalue weighted by Gasteiger charge is 2.31. The van der Waals surface area contributed by atoms with Gasteiger partial charge in [0.25, 0.3) is 5.91 Å². The molecule has 0 saturated carbocycles. The van der Waals surface area contributed by atoms with E-state index >= 15 is 0 Å². The Morgan fingerprint density at radius 3 is 2.26 bits per heavy atom. The Morgan fingerprint density at radius 1 is 1.11 bits per heavy atom. The summed E-state index contributed by atoms with van der Waals surface area (Å²) in [7, 11) is 3.12. The first-order valence-electron chi connectivity index (χ1n) is 17.4. The molecule has 2 heterocycles. The van der Waals surface area contributed by atoms with Crippen LogP contribution in [0.2, 0.25) is 0 Å². The Kier molecular flexibility index (Phi) is 23.9. The van der Waals surface area contributed by atoms with E-state index in [2.05, 4.69) is 82.8 Å². The van der Waals surface area contributed by atoms with E-state index in [0.717, 1.165) is 87.9 Å². The number of amidine groups is 1. The Bertz CT molecular complexity index is 1060. The largest absolute Gasteiger partial charge is 0.493 e. The van der Waals surface area contributed by atoms with Gasteiger partial charge in [0.05, 0.1) is 12.2 Å².